The van der Waals surface area contributed by atoms with Gasteiger partial charge in [0, 0.05) is 10.6 Å². The average Bonchev–Trinajstić information content (AvgIpc) is 2.33. The number of benzene rings is 1. The molecule has 17 heavy (non-hydrogen) atoms. The summed E-state index contributed by atoms with van der Waals surface area (Å²) in [6, 6.07) is 3.29. The minimum absolute atomic E-state index is 0.206. The van der Waals surface area contributed by atoms with Crippen LogP contribution in [-0.4, -0.2) is 19.6 Å². The normalized spacial score (nSPS) is 12.2. The Kier molecular flexibility index (Phi) is 5.38. The van der Waals surface area contributed by atoms with Gasteiger partial charge in [0.05, 0.1) is 7.11 Å². The number of ether oxygens (including phenoxy) is 1. The fourth-order valence-electron chi connectivity index (χ4n) is 1.46. The highest BCUT2D eigenvalue weighted by Crippen LogP contribution is 2.22. The number of esters is 1. The van der Waals surface area contributed by atoms with Crippen molar-refractivity contribution in [2.24, 2.45) is 0 Å². The highest BCUT2D eigenvalue weighted by Gasteiger charge is 2.23. The molecule has 0 saturated carbocycles. The van der Waals surface area contributed by atoms with Crippen LogP contribution < -0.4 is 5.32 Å². The molecule has 0 spiro atoms. The Bertz CT molecular complexity index is 398. The summed E-state index contributed by atoms with van der Waals surface area (Å²) < 4.78 is 18.3. The third kappa shape index (κ3) is 3.68. The van der Waals surface area contributed by atoms with E-state index in [4.69, 9.17) is 11.6 Å². The molecule has 0 radical (unpaired) electrons. The summed E-state index contributed by atoms with van der Waals surface area (Å²) in [5.74, 6) is -1.01. The number of carbonyl (C=O) groups is 1. The van der Waals surface area contributed by atoms with Crippen molar-refractivity contribution in [2.75, 3.05) is 13.7 Å². The highest BCUT2D eigenvalue weighted by molar-refractivity contribution is 6.30. The summed E-state index contributed by atoms with van der Waals surface area (Å²) in [6.45, 7) is 2.54. The van der Waals surface area contributed by atoms with E-state index in [1.54, 1.807) is 0 Å². The van der Waals surface area contributed by atoms with Gasteiger partial charge in [-0.05, 0) is 31.2 Å². The van der Waals surface area contributed by atoms with E-state index in [1.165, 1.54) is 25.3 Å². The molecule has 5 heteroatoms. The first-order valence-electron chi connectivity index (χ1n) is 5.36. The number of carbonyl (C=O) groups excluding carboxylic acids is 1. The average molecular weight is 260 g/mol. The van der Waals surface area contributed by atoms with Crippen molar-refractivity contribution < 1.29 is 13.9 Å². The van der Waals surface area contributed by atoms with Gasteiger partial charge in [-0.1, -0.05) is 18.5 Å². The molecule has 1 atom stereocenters. The fourth-order valence-corrected chi connectivity index (χ4v) is 1.64. The third-order valence-corrected chi connectivity index (χ3v) is 2.54. The summed E-state index contributed by atoms with van der Waals surface area (Å²) >= 11 is 5.80. The smallest absolute Gasteiger partial charge is 0.327 e. The van der Waals surface area contributed by atoms with Crippen molar-refractivity contribution in [1.29, 1.82) is 0 Å². The van der Waals surface area contributed by atoms with E-state index in [0.29, 0.717) is 11.6 Å². The number of hydrogen-bond acceptors (Lipinski definition) is 3. The van der Waals surface area contributed by atoms with E-state index in [2.05, 4.69) is 10.1 Å². The lowest BCUT2D eigenvalue weighted by atomic mass is 10.1. The summed E-state index contributed by atoms with van der Waals surface area (Å²) in [7, 11) is 1.27. The first kappa shape index (κ1) is 13.9. The molecule has 0 saturated heterocycles. The van der Waals surface area contributed by atoms with Crippen molar-refractivity contribution in [1.82, 2.24) is 5.32 Å². The number of rotatable bonds is 5. The predicted molar refractivity (Wildman–Crippen MR) is 64.5 cm³/mol. The van der Waals surface area contributed by atoms with Crippen LogP contribution in [0.4, 0.5) is 4.39 Å². The largest absolute Gasteiger partial charge is 0.468 e. The minimum atomic E-state index is -0.821. The van der Waals surface area contributed by atoms with E-state index in [9.17, 15) is 9.18 Å². The maximum absolute atomic E-state index is 13.6. The number of halogens is 2. The SMILES string of the molecule is CCCNC(C(=O)OC)c1cc(Cl)ccc1F. The van der Waals surface area contributed by atoms with Gasteiger partial charge in [0.25, 0.3) is 0 Å². The lowest BCUT2D eigenvalue weighted by Crippen LogP contribution is -2.31. The van der Waals surface area contributed by atoms with Gasteiger partial charge in [-0.25, -0.2) is 9.18 Å². The Morgan fingerprint density at radius 2 is 2.29 bits per heavy atom. The van der Waals surface area contributed by atoms with Crippen molar-refractivity contribution in [3.8, 4) is 0 Å². The molecule has 1 unspecified atom stereocenters. The molecule has 1 aromatic rings. The Balaban J connectivity index is 3.02. The van der Waals surface area contributed by atoms with Crippen LogP contribution in [0, 0.1) is 5.82 Å². The molecule has 3 nitrogen and oxygen atoms in total. The van der Waals surface area contributed by atoms with E-state index in [-0.39, 0.29) is 5.56 Å². The molecule has 1 N–H and O–H groups in total. The van der Waals surface area contributed by atoms with E-state index in [0.717, 1.165) is 6.42 Å². The summed E-state index contributed by atoms with van der Waals surface area (Å²) in [6.07, 6.45) is 0.829. The summed E-state index contributed by atoms with van der Waals surface area (Å²) in [5, 5.41) is 3.31. The first-order chi connectivity index (χ1) is 8.10. The molecule has 0 fully saturated rings. The van der Waals surface area contributed by atoms with Crippen molar-refractivity contribution >= 4 is 17.6 Å². The molecule has 1 aromatic carbocycles. The second kappa shape index (κ2) is 6.57. The molecule has 0 aliphatic carbocycles. The van der Waals surface area contributed by atoms with Crippen LogP contribution in [0.5, 0.6) is 0 Å². The van der Waals surface area contributed by atoms with Gasteiger partial charge in [0.2, 0.25) is 0 Å². The molecular formula is C12H15ClFNO2. The van der Waals surface area contributed by atoms with Crippen LogP contribution in [0.2, 0.25) is 5.02 Å². The van der Waals surface area contributed by atoms with Crippen LogP contribution in [0.3, 0.4) is 0 Å². The lowest BCUT2D eigenvalue weighted by molar-refractivity contribution is -0.143. The van der Waals surface area contributed by atoms with Gasteiger partial charge in [-0.2, -0.15) is 0 Å². The van der Waals surface area contributed by atoms with Crippen LogP contribution in [-0.2, 0) is 9.53 Å². The summed E-state index contributed by atoms with van der Waals surface area (Å²) in [4.78, 5) is 11.6. The second-order valence-electron chi connectivity index (χ2n) is 3.58. The van der Waals surface area contributed by atoms with Gasteiger partial charge in [-0.15, -0.1) is 0 Å². The minimum Gasteiger partial charge on any atom is -0.468 e. The van der Waals surface area contributed by atoms with E-state index in [1.807, 2.05) is 6.92 Å². The first-order valence-corrected chi connectivity index (χ1v) is 5.74. The Labute approximate surface area is 105 Å². The van der Waals surface area contributed by atoms with Gasteiger partial charge in [-0.3, -0.25) is 0 Å². The quantitative estimate of drug-likeness (QED) is 0.827. The zero-order chi connectivity index (χ0) is 12.8. The molecule has 0 aliphatic heterocycles. The van der Waals surface area contributed by atoms with Gasteiger partial charge < -0.3 is 10.1 Å². The number of methoxy groups -OCH3 is 1. The van der Waals surface area contributed by atoms with E-state index >= 15 is 0 Å². The van der Waals surface area contributed by atoms with Crippen molar-refractivity contribution in [3.63, 3.8) is 0 Å². The van der Waals surface area contributed by atoms with Crippen LogP contribution in [0.25, 0.3) is 0 Å². The van der Waals surface area contributed by atoms with Gasteiger partial charge >= 0.3 is 5.97 Å². The maximum Gasteiger partial charge on any atom is 0.327 e. The lowest BCUT2D eigenvalue weighted by Gasteiger charge is -2.17. The standard InChI is InChI=1S/C12H15ClFNO2/c1-3-6-15-11(12(16)17-2)9-7-8(13)4-5-10(9)14/h4-5,7,11,15H,3,6H2,1-2H3. The Morgan fingerprint density at radius 3 is 2.88 bits per heavy atom. The second-order valence-corrected chi connectivity index (χ2v) is 4.01. The monoisotopic (exact) mass is 259 g/mol. The van der Waals surface area contributed by atoms with Crippen molar-refractivity contribution in [3.05, 3.63) is 34.6 Å². The molecule has 0 aromatic heterocycles. The van der Waals surface area contributed by atoms with Crippen molar-refractivity contribution in [2.45, 2.75) is 19.4 Å². The fraction of sp³-hybridized carbons (Fsp3) is 0.417. The molecule has 0 amide bonds. The van der Waals surface area contributed by atoms with Gasteiger partial charge in [0.15, 0.2) is 0 Å². The van der Waals surface area contributed by atoms with Gasteiger partial charge in [0.1, 0.15) is 11.9 Å². The Hall–Kier alpha value is -1.13. The zero-order valence-corrected chi connectivity index (χ0v) is 10.6. The molecule has 0 bridgehead atoms. The predicted octanol–water partition coefficient (Wildman–Crippen LogP) is 2.69. The molecule has 0 aliphatic rings. The topological polar surface area (TPSA) is 38.3 Å². The van der Waals surface area contributed by atoms with Crippen LogP contribution in [0.15, 0.2) is 18.2 Å². The highest BCUT2D eigenvalue weighted by atomic mass is 35.5. The summed E-state index contributed by atoms with van der Waals surface area (Å²) in [5.41, 5.74) is 0.206. The maximum atomic E-state index is 13.6. The molecule has 1 rings (SSSR count). The number of nitrogens with one attached hydrogen (secondary N) is 1. The van der Waals surface area contributed by atoms with E-state index < -0.39 is 17.8 Å². The zero-order valence-electron chi connectivity index (χ0n) is 9.80. The van der Waals surface area contributed by atoms with Crippen LogP contribution in [0.1, 0.15) is 24.9 Å². The van der Waals surface area contributed by atoms with Crippen LogP contribution >= 0.6 is 11.6 Å². The molecule has 0 heterocycles. The molecular weight excluding hydrogens is 245 g/mol. The third-order valence-electron chi connectivity index (χ3n) is 2.30. The number of hydrogen-bond donors (Lipinski definition) is 1. The Morgan fingerprint density at radius 1 is 1.59 bits per heavy atom. The molecule has 94 valence electrons.